The van der Waals surface area contributed by atoms with Crippen LogP contribution in [0.3, 0.4) is 0 Å². The van der Waals surface area contributed by atoms with Crippen molar-refractivity contribution in [2.75, 3.05) is 25.1 Å². The lowest BCUT2D eigenvalue weighted by atomic mass is 10.0. The first kappa shape index (κ1) is 16.9. The van der Waals surface area contributed by atoms with E-state index in [0.717, 1.165) is 0 Å². The Labute approximate surface area is 141 Å². The first-order chi connectivity index (χ1) is 11.5. The molecule has 0 aromatic heterocycles. The number of hydrogen-bond acceptors (Lipinski definition) is 7. The van der Waals surface area contributed by atoms with Gasteiger partial charge in [-0.15, -0.1) is 0 Å². The van der Waals surface area contributed by atoms with Gasteiger partial charge in [0.05, 0.1) is 29.7 Å². The van der Waals surface area contributed by atoms with E-state index < -0.39 is 18.4 Å². The van der Waals surface area contributed by atoms with E-state index in [1.54, 1.807) is 16.7 Å². The number of anilines is 1. The van der Waals surface area contributed by atoms with E-state index in [4.69, 9.17) is 4.74 Å². The van der Waals surface area contributed by atoms with Gasteiger partial charge in [-0.1, -0.05) is 12.1 Å². The van der Waals surface area contributed by atoms with Crippen LogP contribution in [-0.2, 0) is 9.53 Å². The quantitative estimate of drug-likeness (QED) is 0.796. The minimum atomic E-state index is -1.03. The summed E-state index contributed by atoms with van der Waals surface area (Å²) < 4.78 is 5.02. The number of nitrogens with zero attached hydrogens (tertiary/aromatic N) is 3. The average Bonchev–Trinajstić information content (AvgIpc) is 2.89. The third kappa shape index (κ3) is 3.02. The molecule has 0 spiro atoms. The van der Waals surface area contributed by atoms with E-state index in [1.165, 1.54) is 0 Å². The number of carbonyl (C=O) groups excluding carboxylic acids is 1. The highest BCUT2D eigenvalue weighted by atomic mass is 16.5. The van der Waals surface area contributed by atoms with Crippen LogP contribution in [0, 0.1) is 0 Å². The smallest absolute Gasteiger partial charge is 0.325 e. The number of rotatable bonds is 4. The van der Waals surface area contributed by atoms with Gasteiger partial charge in [0.15, 0.2) is 6.23 Å². The monoisotopic (exact) mass is 333 g/mol. The van der Waals surface area contributed by atoms with Gasteiger partial charge in [0.2, 0.25) is 0 Å². The normalized spacial score (nSPS) is 26.9. The molecule has 24 heavy (non-hydrogen) atoms. The zero-order valence-corrected chi connectivity index (χ0v) is 13.9. The fourth-order valence-corrected chi connectivity index (χ4v) is 3.33. The summed E-state index contributed by atoms with van der Waals surface area (Å²) in [5, 5.41) is 20.8. The third-order valence-corrected chi connectivity index (χ3v) is 4.61. The van der Waals surface area contributed by atoms with Crippen LogP contribution in [0.15, 0.2) is 29.3 Å². The number of para-hydroxylation sites is 2. The van der Waals surface area contributed by atoms with Gasteiger partial charge in [-0.25, -0.2) is 4.99 Å². The maximum atomic E-state index is 11.9. The number of aliphatic imine (C=N–C) groups is 1. The molecule has 0 radical (unpaired) electrons. The lowest BCUT2D eigenvalue weighted by Crippen LogP contribution is -2.52. The molecular weight excluding hydrogens is 310 g/mol. The van der Waals surface area contributed by atoms with Crippen molar-refractivity contribution in [2.24, 2.45) is 4.99 Å². The lowest BCUT2D eigenvalue weighted by Gasteiger charge is -2.37. The van der Waals surface area contributed by atoms with Gasteiger partial charge in [0.1, 0.15) is 12.8 Å². The minimum absolute atomic E-state index is 0.0516. The van der Waals surface area contributed by atoms with E-state index in [9.17, 15) is 15.0 Å². The van der Waals surface area contributed by atoms with E-state index in [1.807, 2.05) is 31.3 Å². The summed E-state index contributed by atoms with van der Waals surface area (Å²) in [7, 11) is 1.81. The molecule has 1 saturated heterocycles. The molecule has 1 aromatic rings. The second kappa shape index (κ2) is 6.88. The Hall–Kier alpha value is -1.96. The van der Waals surface area contributed by atoms with E-state index in [0.29, 0.717) is 36.5 Å². The number of fused-ring (bicyclic) bond motifs is 1. The molecule has 1 fully saturated rings. The van der Waals surface area contributed by atoms with Crippen molar-refractivity contribution in [1.29, 1.82) is 0 Å². The predicted molar refractivity (Wildman–Crippen MR) is 90.3 cm³/mol. The molecule has 7 heteroatoms. The van der Waals surface area contributed by atoms with Crippen molar-refractivity contribution < 1.29 is 19.7 Å². The van der Waals surface area contributed by atoms with Crippen LogP contribution < -0.4 is 4.90 Å². The van der Waals surface area contributed by atoms with Crippen LogP contribution in [-0.4, -0.2) is 65.5 Å². The summed E-state index contributed by atoms with van der Waals surface area (Å²) in [6.45, 7) is 1.99. The molecule has 3 rings (SSSR count). The Morgan fingerprint density at radius 2 is 2.08 bits per heavy atom. The Kier molecular flexibility index (Phi) is 4.84. The SMILES string of the molecule is CCOC(=O)CN1c2ccccc2N=C(C2CCC(O)N2C)C1O. The third-order valence-electron chi connectivity index (χ3n) is 4.61. The Bertz CT molecular complexity index is 648. The van der Waals surface area contributed by atoms with Gasteiger partial charge >= 0.3 is 5.97 Å². The Balaban J connectivity index is 1.94. The number of carbonyl (C=O) groups is 1. The highest BCUT2D eigenvalue weighted by Crippen LogP contribution is 2.36. The topological polar surface area (TPSA) is 85.6 Å². The largest absolute Gasteiger partial charge is 0.465 e. The summed E-state index contributed by atoms with van der Waals surface area (Å²) in [6, 6.07) is 7.23. The zero-order chi connectivity index (χ0) is 17.3. The molecule has 3 atom stereocenters. The first-order valence-electron chi connectivity index (χ1n) is 8.20. The van der Waals surface area contributed by atoms with Crippen molar-refractivity contribution >= 4 is 23.1 Å². The van der Waals surface area contributed by atoms with Crippen molar-refractivity contribution in [3.63, 3.8) is 0 Å². The molecule has 2 aliphatic rings. The molecule has 0 amide bonds. The molecule has 1 aromatic carbocycles. The van der Waals surface area contributed by atoms with Crippen LogP contribution in [0.2, 0.25) is 0 Å². The fourth-order valence-electron chi connectivity index (χ4n) is 3.33. The van der Waals surface area contributed by atoms with Crippen molar-refractivity contribution in [3.8, 4) is 0 Å². The van der Waals surface area contributed by atoms with E-state index in [-0.39, 0.29) is 12.6 Å². The highest BCUT2D eigenvalue weighted by molar-refractivity contribution is 6.02. The number of esters is 1. The van der Waals surface area contributed by atoms with Crippen molar-refractivity contribution in [3.05, 3.63) is 24.3 Å². The van der Waals surface area contributed by atoms with E-state index in [2.05, 4.69) is 4.99 Å². The summed E-state index contributed by atoms with van der Waals surface area (Å²) >= 11 is 0. The van der Waals surface area contributed by atoms with Crippen LogP contribution in [0.5, 0.6) is 0 Å². The van der Waals surface area contributed by atoms with Crippen molar-refractivity contribution in [2.45, 2.75) is 38.3 Å². The number of aliphatic hydroxyl groups excluding tert-OH is 2. The maximum Gasteiger partial charge on any atom is 0.325 e. The summed E-state index contributed by atoms with van der Waals surface area (Å²) in [4.78, 5) is 20.0. The number of likely N-dealkylation sites (tertiary alicyclic amines) is 1. The predicted octanol–water partition coefficient (Wildman–Crippen LogP) is 0.873. The van der Waals surface area contributed by atoms with Crippen LogP contribution in [0.1, 0.15) is 19.8 Å². The Morgan fingerprint density at radius 3 is 2.75 bits per heavy atom. The molecule has 2 heterocycles. The molecule has 2 N–H and O–H groups in total. The lowest BCUT2D eigenvalue weighted by molar-refractivity contribution is -0.141. The standard InChI is InChI=1S/C17H23N3O4/c1-3-24-15(22)10-20-12-7-5-4-6-11(12)18-16(17(20)23)13-8-9-14(21)19(13)2/h4-7,13-14,17,21,23H,3,8-10H2,1-2H3. The van der Waals surface area contributed by atoms with Gasteiger partial charge < -0.3 is 19.8 Å². The van der Waals surface area contributed by atoms with Gasteiger partial charge in [0.25, 0.3) is 0 Å². The average molecular weight is 333 g/mol. The second-order valence-corrected chi connectivity index (χ2v) is 6.07. The van der Waals surface area contributed by atoms with Crippen molar-refractivity contribution in [1.82, 2.24) is 4.90 Å². The zero-order valence-electron chi connectivity index (χ0n) is 13.9. The minimum Gasteiger partial charge on any atom is -0.465 e. The molecule has 7 nitrogen and oxygen atoms in total. The summed E-state index contributed by atoms with van der Waals surface area (Å²) in [6.07, 6.45) is -0.224. The highest BCUT2D eigenvalue weighted by Gasteiger charge is 2.40. The molecular formula is C17H23N3O4. The number of ether oxygens (including phenoxy) is 1. The van der Waals surface area contributed by atoms with Gasteiger partial charge in [0, 0.05) is 0 Å². The number of benzene rings is 1. The van der Waals surface area contributed by atoms with E-state index >= 15 is 0 Å². The Morgan fingerprint density at radius 1 is 1.33 bits per heavy atom. The fraction of sp³-hybridized carbons (Fsp3) is 0.529. The number of aliphatic hydroxyl groups is 2. The molecule has 0 saturated carbocycles. The molecule has 0 aliphatic carbocycles. The number of hydrogen-bond donors (Lipinski definition) is 2. The first-order valence-corrected chi connectivity index (χ1v) is 8.20. The van der Waals surface area contributed by atoms with Gasteiger partial charge in [-0.2, -0.15) is 0 Å². The van der Waals surface area contributed by atoms with Crippen LogP contribution >= 0.6 is 0 Å². The summed E-state index contributed by atoms with van der Waals surface area (Å²) in [5.74, 6) is -0.396. The molecule has 130 valence electrons. The summed E-state index contributed by atoms with van der Waals surface area (Å²) in [5.41, 5.74) is 1.96. The maximum absolute atomic E-state index is 11.9. The van der Waals surface area contributed by atoms with Crippen LogP contribution in [0.4, 0.5) is 11.4 Å². The van der Waals surface area contributed by atoms with Gasteiger partial charge in [-0.05, 0) is 38.9 Å². The molecule has 0 bridgehead atoms. The molecule has 2 aliphatic heterocycles. The van der Waals surface area contributed by atoms with Gasteiger partial charge in [-0.3, -0.25) is 9.69 Å². The second-order valence-electron chi connectivity index (χ2n) is 6.07. The van der Waals surface area contributed by atoms with Crippen LogP contribution in [0.25, 0.3) is 0 Å². The molecule has 3 unspecified atom stereocenters.